The molecule has 1 heterocycles. The average molecular weight is 258 g/mol. The molecule has 0 atom stereocenters. The number of halogens is 1. The molecule has 1 aromatic carbocycles. The molecular weight excluding hydrogens is 243 g/mol. The summed E-state index contributed by atoms with van der Waals surface area (Å²) in [4.78, 5) is 8.59. The molecule has 0 unspecified atom stereocenters. The molecule has 2 N–H and O–H groups in total. The van der Waals surface area contributed by atoms with Gasteiger partial charge in [0.15, 0.2) is 0 Å². The molecule has 1 aromatic heterocycles. The maximum absolute atomic E-state index is 13.6. The fourth-order valence-electron chi connectivity index (χ4n) is 1.84. The second-order valence-corrected chi connectivity index (χ2v) is 4.71. The number of aryl methyl sites for hydroxylation is 1. The van der Waals surface area contributed by atoms with E-state index in [4.69, 9.17) is 0 Å². The molecule has 4 nitrogen and oxygen atoms in total. The molecule has 0 bridgehead atoms. The van der Waals surface area contributed by atoms with Crippen LogP contribution >= 0.6 is 0 Å². The highest BCUT2D eigenvalue weighted by Crippen LogP contribution is 2.25. The van der Waals surface area contributed by atoms with E-state index in [0.29, 0.717) is 23.4 Å². The predicted octanol–water partition coefficient (Wildman–Crippen LogP) is 3.24. The van der Waals surface area contributed by atoms with E-state index in [0.717, 1.165) is 5.82 Å². The lowest BCUT2D eigenvalue weighted by Crippen LogP contribution is -2.06. The zero-order valence-corrected chi connectivity index (χ0v) is 10.7. The maximum Gasteiger partial charge on any atom is 0.146 e. The summed E-state index contributed by atoms with van der Waals surface area (Å²) in [6.07, 6.45) is 2.36. The first-order valence-electron chi connectivity index (χ1n) is 6.34. The number of anilines is 3. The number of hydrogen-bond donors (Lipinski definition) is 2. The van der Waals surface area contributed by atoms with E-state index >= 15 is 0 Å². The first-order valence-corrected chi connectivity index (χ1v) is 6.34. The molecule has 0 amide bonds. The minimum absolute atomic E-state index is 0.296. The summed E-state index contributed by atoms with van der Waals surface area (Å²) in [6.45, 7) is 1.82. The van der Waals surface area contributed by atoms with Crippen molar-refractivity contribution in [3.63, 3.8) is 0 Å². The van der Waals surface area contributed by atoms with Crippen molar-refractivity contribution in [3.8, 4) is 0 Å². The molecule has 0 aliphatic heterocycles. The van der Waals surface area contributed by atoms with Crippen molar-refractivity contribution in [2.24, 2.45) is 0 Å². The Bertz CT molecular complexity index is 596. The number of nitrogens with zero attached hydrogens (tertiary/aromatic N) is 2. The van der Waals surface area contributed by atoms with Crippen LogP contribution in [0.2, 0.25) is 0 Å². The Morgan fingerprint density at radius 3 is 2.63 bits per heavy atom. The Kier molecular flexibility index (Phi) is 3.03. The molecule has 0 radical (unpaired) electrons. The lowest BCUT2D eigenvalue weighted by Gasteiger charge is -2.10. The third kappa shape index (κ3) is 2.99. The summed E-state index contributed by atoms with van der Waals surface area (Å²) >= 11 is 0. The van der Waals surface area contributed by atoms with E-state index in [-0.39, 0.29) is 5.82 Å². The van der Waals surface area contributed by atoms with Gasteiger partial charge in [-0.15, -0.1) is 0 Å². The number of nitrogens with one attached hydrogen (secondary N) is 2. The van der Waals surface area contributed by atoms with Crippen LogP contribution in [0.4, 0.5) is 21.7 Å². The summed E-state index contributed by atoms with van der Waals surface area (Å²) in [5, 5.41) is 6.29. The lowest BCUT2D eigenvalue weighted by atomic mass is 10.3. The van der Waals surface area contributed by atoms with Gasteiger partial charge in [0.25, 0.3) is 0 Å². The normalized spacial score (nSPS) is 14.2. The van der Waals surface area contributed by atoms with Gasteiger partial charge >= 0.3 is 0 Å². The maximum atomic E-state index is 13.6. The first kappa shape index (κ1) is 11.9. The fourth-order valence-corrected chi connectivity index (χ4v) is 1.84. The van der Waals surface area contributed by atoms with E-state index in [1.165, 1.54) is 18.9 Å². The summed E-state index contributed by atoms with van der Waals surface area (Å²) in [5.74, 6) is 1.74. The van der Waals surface area contributed by atoms with Crippen molar-refractivity contribution in [1.82, 2.24) is 9.97 Å². The van der Waals surface area contributed by atoms with Crippen LogP contribution in [0.3, 0.4) is 0 Å². The van der Waals surface area contributed by atoms with Gasteiger partial charge in [-0.25, -0.2) is 14.4 Å². The molecule has 98 valence electrons. The summed E-state index contributed by atoms with van der Waals surface area (Å²) in [7, 11) is 0. The van der Waals surface area contributed by atoms with Crippen LogP contribution in [0.5, 0.6) is 0 Å². The van der Waals surface area contributed by atoms with Crippen molar-refractivity contribution >= 4 is 17.3 Å². The second-order valence-electron chi connectivity index (χ2n) is 4.71. The van der Waals surface area contributed by atoms with Crippen LogP contribution in [-0.4, -0.2) is 16.0 Å². The number of rotatable bonds is 4. The molecule has 2 aromatic rings. The monoisotopic (exact) mass is 258 g/mol. The number of para-hydroxylation sites is 1. The van der Waals surface area contributed by atoms with Gasteiger partial charge in [-0.1, -0.05) is 12.1 Å². The van der Waals surface area contributed by atoms with Gasteiger partial charge in [-0.2, -0.15) is 0 Å². The summed E-state index contributed by atoms with van der Waals surface area (Å²) in [5.41, 5.74) is 0.415. The second kappa shape index (κ2) is 4.84. The van der Waals surface area contributed by atoms with Gasteiger partial charge in [-0.3, -0.25) is 0 Å². The Balaban J connectivity index is 1.83. The number of benzene rings is 1. The molecule has 1 fully saturated rings. The molecule has 1 aliphatic rings. The van der Waals surface area contributed by atoms with E-state index in [1.807, 2.05) is 6.92 Å². The molecule has 1 saturated carbocycles. The van der Waals surface area contributed by atoms with Crippen LogP contribution < -0.4 is 10.6 Å². The smallest absolute Gasteiger partial charge is 0.146 e. The SMILES string of the molecule is Cc1nc(Nc2ccccc2F)cc(NC2CC2)n1. The molecule has 19 heavy (non-hydrogen) atoms. The van der Waals surface area contributed by atoms with Crippen molar-refractivity contribution in [3.05, 3.63) is 42.0 Å². The van der Waals surface area contributed by atoms with E-state index in [2.05, 4.69) is 20.6 Å². The number of aromatic nitrogens is 2. The molecule has 5 heteroatoms. The Hall–Kier alpha value is -2.17. The molecule has 0 saturated heterocycles. The summed E-state index contributed by atoms with van der Waals surface area (Å²) < 4.78 is 13.6. The van der Waals surface area contributed by atoms with E-state index < -0.39 is 0 Å². The van der Waals surface area contributed by atoms with E-state index in [9.17, 15) is 4.39 Å². The molecular formula is C14H15FN4. The Labute approximate surface area is 111 Å². The Morgan fingerprint density at radius 2 is 1.89 bits per heavy atom. The third-order valence-electron chi connectivity index (χ3n) is 2.90. The molecule has 1 aliphatic carbocycles. The zero-order valence-electron chi connectivity index (χ0n) is 10.7. The fraction of sp³-hybridized carbons (Fsp3) is 0.286. The van der Waals surface area contributed by atoms with Crippen LogP contribution in [-0.2, 0) is 0 Å². The topological polar surface area (TPSA) is 49.8 Å². The van der Waals surface area contributed by atoms with Crippen LogP contribution in [0.15, 0.2) is 30.3 Å². The van der Waals surface area contributed by atoms with Gasteiger partial charge in [-0.05, 0) is 31.9 Å². The van der Waals surface area contributed by atoms with Crippen LogP contribution in [0, 0.1) is 12.7 Å². The van der Waals surface area contributed by atoms with Gasteiger partial charge in [0.05, 0.1) is 5.69 Å². The van der Waals surface area contributed by atoms with Gasteiger partial charge in [0.1, 0.15) is 23.3 Å². The molecule has 0 spiro atoms. The standard InChI is InChI=1S/C14H15FN4/c1-9-16-13(18-10-6-7-10)8-14(17-9)19-12-5-3-2-4-11(12)15/h2-5,8,10H,6-7H2,1H3,(H2,16,17,18,19). The van der Waals surface area contributed by atoms with E-state index in [1.54, 1.807) is 24.3 Å². The van der Waals surface area contributed by atoms with Crippen LogP contribution in [0.1, 0.15) is 18.7 Å². The summed E-state index contributed by atoms with van der Waals surface area (Å²) in [6, 6.07) is 8.86. The highest BCUT2D eigenvalue weighted by molar-refractivity contribution is 5.59. The molecule has 3 rings (SSSR count). The quantitative estimate of drug-likeness (QED) is 0.884. The minimum atomic E-state index is -0.296. The van der Waals surface area contributed by atoms with Crippen molar-refractivity contribution < 1.29 is 4.39 Å². The van der Waals surface area contributed by atoms with Crippen LogP contribution in [0.25, 0.3) is 0 Å². The highest BCUT2D eigenvalue weighted by Gasteiger charge is 2.21. The van der Waals surface area contributed by atoms with Gasteiger partial charge in [0.2, 0.25) is 0 Å². The van der Waals surface area contributed by atoms with Crippen molar-refractivity contribution in [2.45, 2.75) is 25.8 Å². The van der Waals surface area contributed by atoms with Gasteiger partial charge < -0.3 is 10.6 Å². The zero-order chi connectivity index (χ0) is 13.2. The Morgan fingerprint density at radius 1 is 1.16 bits per heavy atom. The lowest BCUT2D eigenvalue weighted by molar-refractivity contribution is 0.632. The average Bonchev–Trinajstić information content (AvgIpc) is 3.15. The van der Waals surface area contributed by atoms with Crippen molar-refractivity contribution in [1.29, 1.82) is 0 Å². The minimum Gasteiger partial charge on any atom is -0.367 e. The van der Waals surface area contributed by atoms with Crippen molar-refractivity contribution in [2.75, 3.05) is 10.6 Å². The highest BCUT2D eigenvalue weighted by atomic mass is 19.1. The first-order chi connectivity index (χ1) is 9.20. The van der Waals surface area contributed by atoms with Gasteiger partial charge in [0, 0.05) is 12.1 Å². The third-order valence-corrected chi connectivity index (χ3v) is 2.90. The predicted molar refractivity (Wildman–Crippen MR) is 73.1 cm³/mol. The number of hydrogen-bond acceptors (Lipinski definition) is 4. The largest absolute Gasteiger partial charge is 0.367 e.